The summed E-state index contributed by atoms with van der Waals surface area (Å²) >= 11 is 0. The number of hydrogen-bond acceptors (Lipinski definition) is 5. The maximum absolute atomic E-state index is 6.83. The third-order valence-corrected chi connectivity index (χ3v) is 8.38. The molecule has 0 heterocycles. The molecule has 1 fully saturated rings. The number of ether oxygens (including phenoxy) is 5. The van der Waals surface area contributed by atoms with Gasteiger partial charge < -0.3 is 23.7 Å². The van der Waals surface area contributed by atoms with E-state index in [9.17, 15) is 0 Å². The molecule has 4 atom stereocenters. The molecule has 0 bridgehead atoms. The molecule has 0 spiro atoms. The van der Waals surface area contributed by atoms with Crippen molar-refractivity contribution in [3.63, 3.8) is 0 Å². The Morgan fingerprint density at radius 3 is 0.830 bits per heavy atom. The number of rotatable bonds is 15. The van der Waals surface area contributed by atoms with Gasteiger partial charge in [0.15, 0.2) is 0 Å². The molecular formula is C42H42O5. The Bertz CT molecular complexity index is 1510. The van der Waals surface area contributed by atoms with E-state index in [1.807, 2.05) is 91.0 Å². The minimum atomic E-state index is -0.533. The molecule has 1 saturated carbocycles. The summed E-state index contributed by atoms with van der Waals surface area (Å²) in [6.07, 6.45) is -2.61. The van der Waals surface area contributed by atoms with E-state index in [0.29, 0.717) is 33.0 Å². The van der Waals surface area contributed by atoms with Crippen molar-refractivity contribution in [1.29, 1.82) is 0 Å². The summed E-state index contributed by atoms with van der Waals surface area (Å²) in [7, 11) is 0. The molecule has 5 aromatic carbocycles. The highest BCUT2D eigenvalue weighted by Gasteiger charge is 2.50. The van der Waals surface area contributed by atoms with Gasteiger partial charge in [-0.3, -0.25) is 0 Å². The molecule has 0 aromatic heterocycles. The lowest BCUT2D eigenvalue weighted by Gasteiger charge is -2.47. The molecule has 0 radical (unpaired) electrons. The van der Waals surface area contributed by atoms with Crippen molar-refractivity contribution in [1.82, 2.24) is 0 Å². The van der Waals surface area contributed by atoms with Crippen LogP contribution in [0.2, 0.25) is 0 Å². The maximum Gasteiger partial charge on any atom is 0.117 e. The number of benzene rings is 5. The van der Waals surface area contributed by atoms with Gasteiger partial charge in [0.25, 0.3) is 0 Å². The average molecular weight is 627 g/mol. The van der Waals surface area contributed by atoms with Gasteiger partial charge >= 0.3 is 0 Å². The largest absolute Gasteiger partial charge is 0.368 e. The van der Waals surface area contributed by atoms with Gasteiger partial charge in [0.1, 0.15) is 30.5 Å². The molecule has 0 amide bonds. The van der Waals surface area contributed by atoms with Crippen LogP contribution in [-0.4, -0.2) is 30.5 Å². The normalized spacial score (nSPS) is 21.0. The van der Waals surface area contributed by atoms with Crippen LogP contribution in [0.1, 0.15) is 27.8 Å². The van der Waals surface area contributed by atoms with Crippen LogP contribution >= 0.6 is 0 Å². The topological polar surface area (TPSA) is 46.2 Å². The second kappa shape index (κ2) is 17.0. The Kier molecular flexibility index (Phi) is 11.8. The van der Waals surface area contributed by atoms with E-state index in [2.05, 4.69) is 67.2 Å². The summed E-state index contributed by atoms with van der Waals surface area (Å²) in [5.74, 6) is 0. The maximum atomic E-state index is 6.83. The molecule has 1 aliphatic carbocycles. The Balaban J connectivity index is 1.35. The third-order valence-electron chi connectivity index (χ3n) is 8.38. The summed E-state index contributed by atoms with van der Waals surface area (Å²) in [5.41, 5.74) is 6.08. The van der Waals surface area contributed by atoms with E-state index >= 15 is 0 Å². The monoisotopic (exact) mass is 626 g/mol. The SMILES string of the molecule is C=C1C(OCc2ccccc2)C(OCc2ccccc2)C(OCc2ccccc2)C(OCc2ccccc2)C1OCc1ccccc1. The average Bonchev–Trinajstić information content (AvgIpc) is 3.14. The van der Waals surface area contributed by atoms with Crippen molar-refractivity contribution in [3.8, 4) is 0 Å². The van der Waals surface area contributed by atoms with E-state index < -0.39 is 30.5 Å². The first-order valence-electron chi connectivity index (χ1n) is 16.2. The number of hydrogen-bond donors (Lipinski definition) is 0. The van der Waals surface area contributed by atoms with Crippen LogP contribution in [0.5, 0.6) is 0 Å². The van der Waals surface area contributed by atoms with E-state index in [4.69, 9.17) is 23.7 Å². The lowest BCUT2D eigenvalue weighted by molar-refractivity contribution is -0.229. The fourth-order valence-corrected chi connectivity index (χ4v) is 5.89. The third kappa shape index (κ3) is 9.13. The van der Waals surface area contributed by atoms with E-state index in [1.165, 1.54) is 0 Å². The molecule has 0 aliphatic heterocycles. The predicted octanol–water partition coefficient (Wildman–Crippen LogP) is 8.48. The first-order chi connectivity index (χ1) is 23.2. The second-order valence-electron chi connectivity index (χ2n) is 11.8. The fraction of sp³-hybridized carbons (Fsp3) is 0.238. The van der Waals surface area contributed by atoms with Gasteiger partial charge in [0.2, 0.25) is 0 Å². The van der Waals surface area contributed by atoms with Crippen LogP contribution in [-0.2, 0) is 56.7 Å². The van der Waals surface area contributed by atoms with Crippen LogP contribution < -0.4 is 0 Å². The van der Waals surface area contributed by atoms with Gasteiger partial charge in [-0.1, -0.05) is 158 Å². The van der Waals surface area contributed by atoms with Gasteiger partial charge in [0, 0.05) is 0 Å². The zero-order valence-electron chi connectivity index (χ0n) is 26.6. The predicted molar refractivity (Wildman–Crippen MR) is 184 cm³/mol. The van der Waals surface area contributed by atoms with Gasteiger partial charge in [-0.05, 0) is 33.4 Å². The van der Waals surface area contributed by atoms with Crippen LogP contribution in [0.25, 0.3) is 0 Å². The van der Waals surface area contributed by atoms with Gasteiger partial charge in [-0.25, -0.2) is 0 Å². The van der Waals surface area contributed by atoms with Gasteiger partial charge in [0.05, 0.1) is 33.0 Å². The van der Waals surface area contributed by atoms with Crippen molar-refractivity contribution in [3.05, 3.63) is 192 Å². The quantitative estimate of drug-likeness (QED) is 0.109. The summed E-state index contributed by atoms with van der Waals surface area (Å²) in [6.45, 7) is 6.53. The first-order valence-corrected chi connectivity index (χ1v) is 16.2. The molecule has 5 nitrogen and oxygen atoms in total. The zero-order chi connectivity index (χ0) is 32.1. The summed E-state index contributed by atoms with van der Waals surface area (Å²) < 4.78 is 33.8. The molecule has 1 aliphatic rings. The van der Waals surface area contributed by atoms with Crippen LogP contribution in [0, 0.1) is 0 Å². The molecule has 6 rings (SSSR count). The van der Waals surface area contributed by atoms with Crippen molar-refractivity contribution < 1.29 is 23.7 Å². The molecule has 0 saturated heterocycles. The van der Waals surface area contributed by atoms with Crippen LogP contribution in [0.3, 0.4) is 0 Å². The Morgan fingerprint density at radius 1 is 0.319 bits per heavy atom. The first kappa shape index (κ1) is 32.6. The van der Waals surface area contributed by atoms with E-state index in [0.717, 1.165) is 33.4 Å². The van der Waals surface area contributed by atoms with Gasteiger partial charge in [-0.2, -0.15) is 0 Å². The second-order valence-corrected chi connectivity index (χ2v) is 11.8. The smallest absolute Gasteiger partial charge is 0.117 e. The van der Waals surface area contributed by atoms with Crippen LogP contribution in [0.15, 0.2) is 164 Å². The molecule has 4 unspecified atom stereocenters. The minimum absolute atomic E-state index is 0.380. The van der Waals surface area contributed by atoms with Crippen molar-refractivity contribution in [2.24, 2.45) is 0 Å². The Hall–Kier alpha value is -4.36. The van der Waals surface area contributed by atoms with E-state index in [-0.39, 0.29) is 0 Å². The lowest BCUT2D eigenvalue weighted by atomic mass is 9.82. The van der Waals surface area contributed by atoms with Crippen molar-refractivity contribution >= 4 is 0 Å². The molecule has 5 heteroatoms. The summed E-state index contributed by atoms with van der Waals surface area (Å²) in [6, 6.07) is 50.8. The standard InChI is InChI=1S/C42H42O5/c1-32-38(43-27-33-17-7-2-8-18-33)40(45-29-35-21-11-4-12-22-35)42(47-31-37-25-15-6-16-26-37)41(46-30-36-23-13-5-14-24-36)39(32)44-28-34-19-9-3-10-20-34/h2-26,38-42H,1,27-31H2. The van der Waals surface area contributed by atoms with Gasteiger partial charge in [-0.15, -0.1) is 0 Å². The summed E-state index contributed by atoms with van der Waals surface area (Å²) in [5, 5.41) is 0. The highest BCUT2D eigenvalue weighted by atomic mass is 16.6. The molecule has 5 aromatic rings. The Morgan fingerprint density at radius 2 is 0.553 bits per heavy atom. The molecule has 240 valence electrons. The summed E-state index contributed by atoms with van der Waals surface area (Å²) in [4.78, 5) is 0. The minimum Gasteiger partial charge on any atom is -0.368 e. The zero-order valence-corrected chi connectivity index (χ0v) is 26.6. The highest BCUT2D eigenvalue weighted by molar-refractivity contribution is 5.25. The highest BCUT2D eigenvalue weighted by Crippen LogP contribution is 2.37. The molecule has 47 heavy (non-hydrogen) atoms. The van der Waals surface area contributed by atoms with Crippen molar-refractivity contribution in [2.45, 2.75) is 63.6 Å². The van der Waals surface area contributed by atoms with Crippen LogP contribution in [0.4, 0.5) is 0 Å². The van der Waals surface area contributed by atoms with E-state index in [1.54, 1.807) is 0 Å². The lowest BCUT2D eigenvalue weighted by Crippen LogP contribution is -2.61. The fourth-order valence-electron chi connectivity index (χ4n) is 5.89. The molecule has 0 N–H and O–H groups in total. The molecular weight excluding hydrogens is 584 g/mol. The Labute approximate surface area is 278 Å². The van der Waals surface area contributed by atoms with Crippen molar-refractivity contribution in [2.75, 3.05) is 0 Å².